The molecule has 3 N–H and O–H groups in total. The smallest absolute Gasteiger partial charge is 0.257 e. The number of nitrogens with two attached hydrogens (primary N) is 1. The number of hydrogen-bond donors (Lipinski definition) is 2. The first-order chi connectivity index (χ1) is 14.4. The number of halogens is 1. The molecule has 2 fully saturated rings. The lowest BCUT2D eigenvalue weighted by atomic mass is 10.1. The van der Waals surface area contributed by atoms with Gasteiger partial charge < -0.3 is 25.4 Å². The minimum atomic E-state index is -0.703. The summed E-state index contributed by atoms with van der Waals surface area (Å²) in [6.45, 7) is 5.88. The number of benzene rings is 1. The Morgan fingerprint density at radius 2 is 1.90 bits per heavy atom. The SMILES string of the molecule is CCN1CCN(c2cc3c(cc2F)c(=O)c(C(=O)NCC(N)=O)cn3C2CC2)CC1. The van der Waals surface area contributed by atoms with Gasteiger partial charge >= 0.3 is 0 Å². The summed E-state index contributed by atoms with van der Waals surface area (Å²) in [5.74, 6) is -1.86. The number of fused-ring (bicyclic) bond motifs is 1. The van der Waals surface area contributed by atoms with E-state index in [2.05, 4.69) is 17.1 Å². The molecule has 1 aliphatic heterocycles. The Labute approximate surface area is 173 Å². The first kappa shape index (κ1) is 20.3. The van der Waals surface area contributed by atoms with Crippen LogP contribution in [0.2, 0.25) is 0 Å². The zero-order chi connectivity index (χ0) is 21.4. The molecule has 4 rings (SSSR count). The van der Waals surface area contributed by atoms with Crippen LogP contribution >= 0.6 is 0 Å². The van der Waals surface area contributed by atoms with Gasteiger partial charge in [0.25, 0.3) is 5.91 Å². The predicted octanol–water partition coefficient (Wildman–Crippen LogP) is 0.833. The average molecular weight is 415 g/mol. The van der Waals surface area contributed by atoms with E-state index in [4.69, 9.17) is 5.73 Å². The van der Waals surface area contributed by atoms with E-state index in [0.717, 1.165) is 45.6 Å². The van der Waals surface area contributed by atoms with Crippen LogP contribution in [-0.4, -0.2) is 60.5 Å². The highest BCUT2D eigenvalue weighted by molar-refractivity contribution is 5.99. The molecule has 0 spiro atoms. The number of amides is 2. The summed E-state index contributed by atoms with van der Waals surface area (Å²) in [5.41, 5.74) is 5.52. The van der Waals surface area contributed by atoms with Gasteiger partial charge in [-0.05, 0) is 31.5 Å². The summed E-state index contributed by atoms with van der Waals surface area (Å²) < 4.78 is 16.9. The number of pyridine rings is 1. The molecule has 9 heteroatoms. The summed E-state index contributed by atoms with van der Waals surface area (Å²) in [5, 5.41) is 2.51. The van der Waals surface area contributed by atoms with Gasteiger partial charge in [0.1, 0.15) is 11.4 Å². The van der Waals surface area contributed by atoms with Gasteiger partial charge in [0.2, 0.25) is 11.3 Å². The van der Waals surface area contributed by atoms with Crippen LogP contribution < -0.4 is 21.4 Å². The fraction of sp³-hybridized carbons (Fsp3) is 0.476. The summed E-state index contributed by atoms with van der Waals surface area (Å²) >= 11 is 0. The lowest BCUT2D eigenvalue weighted by Gasteiger charge is -2.35. The number of hydrogen-bond acceptors (Lipinski definition) is 5. The molecule has 1 aromatic heterocycles. The van der Waals surface area contributed by atoms with Crippen molar-refractivity contribution in [2.75, 3.05) is 44.2 Å². The number of carbonyl (C=O) groups is 2. The van der Waals surface area contributed by atoms with Crippen molar-refractivity contribution < 1.29 is 14.0 Å². The predicted molar refractivity (Wildman–Crippen MR) is 112 cm³/mol. The normalized spacial score (nSPS) is 17.3. The number of anilines is 1. The third-order valence-electron chi connectivity index (χ3n) is 5.87. The molecule has 1 saturated heterocycles. The van der Waals surface area contributed by atoms with Crippen molar-refractivity contribution in [2.24, 2.45) is 5.73 Å². The number of aromatic nitrogens is 1. The number of primary amides is 1. The molecule has 8 nitrogen and oxygen atoms in total. The monoisotopic (exact) mass is 415 g/mol. The van der Waals surface area contributed by atoms with Crippen LogP contribution in [-0.2, 0) is 4.79 Å². The second kappa shape index (κ2) is 8.06. The van der Waals surface area contributed by atoms with Crippen molar-refractivity contribution in [3.05, 3.63) is 39.9 Å². The fourth-order valence-corrected chi connectivity index (χ4v) is 3.99. The number of piperazine rings is 1. The van der Waals surface area contributed by atoms with E-state index in [9.17, 15) is 14.4 Å². The van der Waals surface area contributed by atoms with Crippen molar-refractivity contribution in [1.29, 1.82) is 0 Å². The molecule has 30 heavy (non-hydrogen) atoms. The van der Waals surface area contributed by atoms with E-state index in [-0.39, 0.29) is 23.5 Å². The van der Waals surface area contributed by atoms with Gasteiger partial charge in [0.15, 0.2) is 0 Å². The highest BCUT2D eigenvalue weighted by atomic mass is 19.1. The number of nitrogens with zero attached hydrogens (tertiary/aromatic N) is 3. The van der Waals surface area contributed by atoms with Gasteiger partial charge in [-0.25, -0.2) is 4.39 Å². The Bertz CT molecular complexity index is 1050. The molecule has 2 aliphatic rings. The van der Waals surface area contributed by atoms with Crippen molar-refractivity contribution in [3.8, 4) is 0 Å². The fourth-order valence-electron chi connectivity index (χ4n) is 3.99. The molecule has 0 unspecified atom stereocenters. The molecule has 0 atom stereocenters. The minimum absolute atomic E-state index is 0.112. The van der Waals surface area contributed by atoms with Gasteiger partial charge in [-0.2, -0.15) is 0 Å². The maximum Gasteiger partial charge on any atom is 0.257 e. The lowest BCUT2D eigenvalue weighted by Crippen LogP contribution is -2.46. The quantitative estimate of drug-likeness (QED) is 0.728. The average Bonchev–Trinajstić information content (AvgIpc) is 3.57. The Balaban J connectivity index is 1.76. The topological polar surface area (TPSA) is 101 Å². The van der Waals surface area contributed by atoms with Gasteiger partial charge in [-0.15, -0.1) is 0 Å². The van der Waals surface area contributed by atoms with E-state index in [1.54, 1.807) is 6.07 Å². The second-order valence-corrected chi connectivity index (χ2v) is 7.90. The first-order valence-electron chi connectivity index (χ1n) is 10.3. The number of nitrogens with one attached hydrogen (secondary N) is 1. The van der Waals surface area contributed by atoms with E-state index in [0.29, 0.717) is 11.2 Å². The van der Waals surface area contributed by atoms with Crippen LogP contribution in [0.3, 0.4) is 0 Å². The van der Waals surface area contributed by atoms with Crippen LogP contribution in [0.1, 0.15) is 36.2 Å². The zero-order valence-electron chi connectivity index (χ0n) is 17.0. The largest absolute Gasteiger partial charge is 0.368 e. The number of rotatable bonds is 6. The van der Waals surface area contributed by atoms with Crippen LogP contribution in [0.25, 0.3) is 10.9 Å². The number of likely N-dealkylation sites (N-methyl/N-ethyl adjacent to an activating group) is 1. The van der Waals surface area contributed by atoms with Crippen molar-refractivity contribution in [1.82, 2.24) is 14.8 Å². The zero-order valence-corrected chi connectivity index (χ0v) is 17.0. The maximum absolute atomic E-state index is 15.0. The molecular formula is C21H26FN5O3. The van der Waals surface area contributed by atoms with Crippen LogP contribution in [0.4, 0.5) is 10.1 Å². The van der Waals surface area contributed by atoms with E-state index in [1.807, 2.05) is 9.47 Å². The Hall–Kier alpha value is -2.94. The van der Waals surface area contributed by atoms with E-state index in [1.165, 1.54) is 12.3 Å². The van der Waals surface area contributed by atoms with E-state index >= 15 is 4.39 Å². The maximum atomic E-state index is 15.0. The van der Waals surface area contributed by atoms with Crippen LogP contribution in [0, 0.1) is 5.82 Å². The highest BCUT2D eigenvalue weighted by Crippen LogP contribution is 2.38. The summed E-state index contributed by atoms with van der Waals surface area (Å²) in [7, 11) is 0. The van der Waals surface area contributed by atoms with Gasteiger partial charge in [-0.3, -0.25) is 14.4 Å². The van der Waals surface area contributed by atoms with Gasteiger partial charge in [0, 0.05) is 43.8 Å². The highest BCUT2D eigenvalue weighted by Gasteiger charge is 2.28. The van der Waals surface area contributed by atoms with Crippen molar-refractivity contribution >= 4 is 28.4 Å². The molecule has 0 radical (unpaired) electrons. The molecule has 160 valence electrons. The molecular weight excluding hydrogens is 389 g/mol. The third kappa shape index (κ3) is 3.89. The summed E-state index contributed by atoms with van der Waals surface area (Å²) in [4.78, 5) is 40.7. The number of carbonyl (C=O) groups excluding carboxylic acids is 2. The molecule has 2 amide bonds. The summed E-state index contributed by atoms with van der Waals surface area (Å²) in [6, 6.07) is 3.14. The lowest BCUT2D eigenvalue weighted by molar-refractivity contribution is -0.117. The molecule has 1 aliphatic carbocycles. The molecule has 1 aromatic carbocycles. The standard InChI is InChI=1S/C21H26FN5O3/c1-2-25-5-7-26(8-6-25)18-10-17-14(9-16(18)22)20(29)15(12-27(17)13-3-4-13)21(30)24-11-19(23)28/h9-10,12-13H,2-8,11H2,1H3,(H2,23,28)(H,24,30). The second-order valence-electron chi connectivity index (χ2n) is 7.90. The van der Waals surface area contributed by atoms with E-state index < -0.39 is 23.1 Å². The Morgan fingerprint density at radius 1 is 1.20 bits per heavy atom. The molecule has 1 saturated carbocycles. The van der Waals surface area contributed by atoms with Crippen molar-refractivity contribution in [3.63, 3.8) is 0 Å². The third-order valence-corrected chi connectivity index (χ3v) is 5.87. The first-order valence-corrected chi connectivity index (χ1v) is 10.3. The van der Waals surface area contributed by atoms with Crippen LogP contribution in [0.15, 0.2) is 23.1 Å². The minimum Gasteiger partial charge on any atom is -0.368 e. The van der Waals surface area contributed by atoms with Gasteiger partial charge in [0.05, 0.1) is 17.7 Å². The Morgan fingerprint density at radius 3 is 2.50 bits per heavy atom. The van der Waals surface area contributed by atoms with Crippen molar-refractivity contribution in [2.45, 2.75) is 25.8 Å². The summed E-state index contributed by atoms with van der Waals surface area (Å²) in [6.07, 6.45) is 3.39. The molecule has 2 heterocycles. The molecule has 2 aromatic rings. The van der Waals surface area contributed by atoms with Crippen LogP contribution in [0.5, 0.6) is 0 Å². The van der Waals surface area contributed by atoms with Gasteiger partial charge in [-0.1, -0.05) is 6.92 Å². The molecule has 0 bridgehead atoms. The Kier molecular flexibility index (Phi) is 5.46.